The molecule has 0 heterocycles. The van der Waals surface area contributed by atoms with E-state index >= 15 is 0 Å². The molecule has 0 saturated carbocycles. The maximum absolute atomic E-state index is 9.56. The number of hydrogen-bond acceptors (Lipinski definition) is 1. The lowest BCUT2D eigenvalue weighted by atomic mass is 10.1. The molecule has 0 fully saturated rings. The minimum atomic E-state index is -1.04. The zero-order chi connectivity index (χ0) is 23.8. The van der Waals surface area contributed by atoms with Gasteiger partial charge in [-0.3, -0.25) is 0 Å². The van der Waals surface area contributed by atoms with Gasteiger partial charge in [-0.25, -0.2) is 0 Å². The lowest BCUT2D eigenvalue weighted by Crippen LogP contribution is -3.00. The minimum absolute atomic E-state index is 0. The van der Waals surface area contributed by atoms with E-state index < -0.39 is 7.92 Å². The SMILES string of the molecule is Cc1ccc([PH+](c2ccc(C)cc2)c2ccc(O)cc2)cc1.[I-].c1ccc(-c2ccccc2)cc1. The van der Waals surface area contributed by atoms with Crippen LogP contribution in [0.1, 0.15) is 11.1 Å². The Labute approximate surface area is 227 Å². The molecule has 176 valence electrons. The Morgan fingerprint density at radius 3 is 1.09 bits per heavy atom. The van der Waals surface area contributed by atoms with E-state index in [-0.39, 0.29) is 24.0 Å². The number of halogens is 1. The van der Waals surface area contributed by atoms with Crippen LogP contribution in [0.4, 0.5) is 0 Å². The van der Waals surface area contributed by atoms with Gasteiger partial charge < -0.3 is 29.1 Å². The van der Waals surface area contributed by atoms with E-state index in [9.17, 15) is 5.11 Å². The standard InChI is InChI=1S/C20H19OP.C12H10.HI/c1-15-3-9-18(10-4-15)22(19-11-5-16(2)6-12-19)20-13-7-17(21)8-14-20;1-3-7-11(8-4-1)12-9-5-2-6-10-12;/h3-14,21H,1-2H3;1-10H;1H. The van der Waals surface area contributed by atoms with E-state index in [1.54, 1.807) is 12.1 Å². The highest BCUT2D eigenvalue weighted by Gasteiger charge is 2.25. The molecular weight excluding hydrogens is 558 g/mol. The van der Waals surface area contributed by atoms with Gasteiger partial charge in [-0.1, -0.05) is 96.1 Å². The molecule has 1 N–H and O–H groups in total. The van der Waals surface area contributed by atoms with Crippen molar-refractivity contribution >= 4 is 23.8 Å². The maximum atomic E-state index is 9.56. The highest BCUT2D eigenvalue weighted by atomic mass is 127. The molecular formula is C32H30IOP. The van der Waals surface area contributed by atoms with E-state index in [0.29, 0.717) is 5.75 Å². The zero-order valence-electron chi connectivity index (χ0n) is 20.0. The summed E-state index contributed by atoms with van der Waals surface area (Å²) < 4.78 is 0. The molecule has 0 radical (unpaired) electrons. The summed E-state index contributed by atoms with van der Waals surface area (Å²) in [6.07, 6.45) is 0. The van der Waals surface area contributed by atoms with Crippen LogP contribution in [0.15, 0.2) is 133 Å². The van der Waals surface area contributed by atoms with Crippen LogP contribution >= 0.6 is 7.92 Å². The number of hydrogen-bond donors (Lipinski definition) is 1. The maximum Gasteiger partial charge on any atom is 0.115 e. The van der Waals surface area contributed by atoms with E-state index in [0.717, 1.165) is 0 Å². The Morgan fingerprint density at radius 1 is 0.429 bits per heavy atom. The van der Waals surface area contributed by atoms with E-state index in [1.165, 1.54) is 38.2 Å². The first-order valence-electron chi connectivity index (χ1n) is 11.5. The Balaban J connectivity index is 0.000000223. The van der Waals surface area contributed by atoms with Gasteiger partial charge in [-0.15, -0.1) is 0 Å². The smallest absolute Gasteiger partial charge is 0.115 e. The second-order valence-electron chi connectivity index (χ2n) is 8.39. The summed E-state index contributed by atoms with van der Waals surface area (Å²) in [6, 6.07) is 46.1. The number of benzene rings is 5. The summed E-state index contributed by atoms with van der Waals surface area (Å²) in [4.78, 5) is 0. The molecule has 0 unspecified atom stereocenters. The van der Waals surface area contributed by atoms with Crippen LogP contribution in [0.5, 0.6) is 5.75 Å². The molecule has 5 rings (SSSR count). The van der Waals surface area contributed by atoms with Crippen molar-refractivity contribution in [3.05, 3.63) is 145 Å². The Bertz CT molecular complexity index is 1140. The highest BCUT2D eigenvalue weighted by Crippen LogP contribution is 2.33. The molecule has 0 aliphatic rings. The number of aryl methyl sites for hydroxylation is 2. The van der Waals surface area contributed by atoms with Crippen LogP contribution in [0.25, 0.3) is 11.1 Å². The van der Waals surface area contributed by atoms with Gasteiger partial charge in [0.05, 0.1) is 7.92 Å². The monoisotopic (exact) mass is 588 g/mol. The largest absolute Gasteiger partial charge is 1.00 e. The molecule has 0 aliphatic heterocycles. The van der Waals surface area contributed by atoms with Crippen molar-refractivity contribution in [3.8, 4) is 16.9 Å². The summed E-state index contributed by atoms with van der Waals surface area (Å²) in [6.45, 7) is 4.23. The van der Waals surface area contributed by atoms with Crippen LogP contribution < -0.4 is 39.9 Å². The molecule has 0 saturated heterocycles. The molecule has 0 atom stereocenters. The van der Waals surface area contributed by atoms with Crippen molar-refractivity contribution in [2.45, 2.75) is 13.8 Å². The van der Waals surface area contributed by atoms with E-state index in [4.69, 9.17) is 0 Å². The van der Waals surface area contributed by atoms with Crippen molar-refractivity contribution in [1.82, 2.24) is 0 Å². The van der Waals surface area contributed by atoms with Gasteiger partial charge in [0.2, 0.25) is 0 Å². The first-order valence-corrected chi connectivity index (χ1v) is 13.0. The van der Waals surface area contributed by atoms with Gasteiger partial charge in [0.15, 0.2) is 0 Å². The van der Waals surface area contributed by atoms with E-state index in [2.05, 4.69) is 111 Å². The molecule has 0 aliphatic carbocycles. The molecule has 35 heavy (non-hydrogen) atoms. The van der Waals surface area contributed by atoms with Gasteiger partial charge in [0.25, 0.3) is 0 Å². The normalized spacial score (nSPS) is 10.1. The first-order chi connectivity index (χ1) is 16.6. The molecule has 5 aromatic rings. The number of phenols is 1. The van der Waals surface area contributed by atoms with Gasteiger partial charge in [-0.2, -0.15) is 0 Å². The number of rotatable bonds is 4. The second kappa shape index (κ2) is 13.2. The van der Waals surface area contributed by atoms with Gasteiger partial charge >= 0.3 is 0 Å². The Kier molecular flexibility index (Phi) is 10.1. The lowest BCUT2D eigenvalue weighted by Gasteiger charge is -2.11. The first kappa shape index (κ1) is 26.7. The van der Waals surface area contributed by atoms with Crippen molar-refractivity contribution in [3.63, 3.8) is 0 Å². The average molecular weight is 588 g/mol. The molecule has 0 spiro atoms. The summed E-state index contributed by atoms with van der Waals surface area (Å²) >= 11 is 0. The predicted molar refractivity (Wildman–Crippen MR) is 150 cm³/mol. The third-order valence-electron chi connectivity index (χ3n) is 5.72. The summed E-state index contributed by atoms with van der Waals surface area (Å²) in [5, 5.41) is 13.6. The van der Waals surface area contributed by atoms with Crippen molar-refractivity contribution in [1.29, 1.82) is 0 Å². The van der Waals surface area contributed by atoms with Crippen LogP contribution in [-0.4, -0.2) is 5.11 Å². The fraction of sp³-hybridized carbons (Fsp3) is 0.0625. The van der Waals surface area contributed by atoms with Gasteiger partial charge in [0.1, 0.15) is 21.7 Å². The molecule has 0 amide bonds. The topological polar surface area (TPSA) is 20.2 Å². The number of phenolic OH excluding ortho intramolecular Hbond substituents is 1. The molecule has 5 aromatic carbocycles. The fourth-order valence-electron chi connectivity index (χ4n) is 3.83. The molecule has 0 bridgehead atoms. The Hall–Kier alpha value is -2.94. The van der Waals surface area contributed by atoms with Crippen molar-refractivity contribution in [2.75, 3.05) is 0 Å². The van der Waals surface area contributed by atoms with E-state index in [1.807, 2.05) is 24.3 Å². The number of aromatic hydroxyl groups is 1. The van der Waals surface area contributed by atoms with Crippen LogP contribution in [-0.2, 0) is 0 Å². The Morgan fingerprint density at radius 2 is 0.743 bits per heavy atom. The van der Waals surface area contributed by atoms with Crippen molar-refractivity contribution < 1.29 is 29.1 Å². The summed E-state index contributed by atoms with van der Waals surface area (Å²) in [7, 11) is -1.04. The fourth-order valence-corrected chi connectivity index (χ4v) is 6.33. The molecule has 3 heteroatoms. The second-order valence-corrected chi connectivity index (χ2v) is 10.9. The summed E-state index contributed by atoms with van der Waals surface area (Å²) in [5.74, 6) is 0.318. The highest BCUT2D eigenvalue weighted by molar-refractivity contribution is 7.79. The third-order valence-corrected chi connectivity index (χ3v) is 8.45. The third kappa shape index (κ3) is 7.52. The van der Waals surface area contributed by atoms with Gasteiger partial charge in [0, 0.05) is 0 Å². The van der Waals surface area contributed by atoms with Crippen molar-refractivity contribution in [2.24, 2.45) is 0 Å². The molecule has 1 nitrogen and oxygen atoms in total. The average Bonchev–Trinajstić information content (AvgIpc) is 2.89. The van der Waals surface area contributed by atoms with Crippen LogP contribution in [0.3, 0.4) is 0 Å². The summed E-state index contributed by atoms with van der Waals surface area (Å²) in [5.41, 5.74) is 5.11. The lowest BCUT2D eigenvalue weighted by molar-refractivity contribution is -0.00000772. The molecule has 0 aromatic heterocycles. The van der Waals surface area contributed by atoms with Crippen LogP contribution in [0, 0.1) is 13.8 Å². The predicted octanol–water partition coefficient (Wildman–Crippen LogP) is 3.86. The minimum Gasteiger partial charge on any atom is -1.00 e. The zero-order valence-corrected chi connectivity index (χ0v) is 23.2. The van der Waals surface area contributed by atoms with Gasteiger partial charge in [-0.05, 0) is 73.5 Å². The van der Waals surface area contributed by atoms with Crippen LogP contribution in [0.2, 0.25) is 0 Å². The quantitative estimate of drug-likeness (QED) is 0.250.